The molecule has 0 bridgehead atoms. The number of hydrogen-bond acceptors (Lipinski definition) is 3. The Labute approximate surface area is 140 Å². The van der Waals surface area contributed by atoms with Gasteiger partial charge >= 0.3 is 0 Å². The van der Waals surface area contributed by atoms with Crippen LogP contribution in [-0.4, -0.2) is 24.5 Å². The van der Waals surface area contributed by atoms with Crippen LogP contribution in [0.4, 0.5) is 4.39 Å². The Morgan fingerprint density at radius 3 is 2.38 bits per heavy atom. The molecule has 0 spiro atoms. The maximum absolute atomic E-state index is 13.6. The number of sulfone groups is 1. The quantitative estimate of drug-likeness (QED) is 0.729. The molecule has 0 aliphatic rings. The number of aryl methyl sites for hydroxylation is 2. The van der Waals surface area contributed by atoms with Crippen LogP contribution in [0.1, 0.15) is 5.69 Å². The van der Waals surface area contributed by atoms with E-state index in [1.54, 1.807) is 36.0 Å². The molecule has 0 saturated carbocycles. The third-order valence-corrected chi connectivity index (χ3v) is 4.98. The Balaban J connectivity index is 2.27. The minimum absolute atomic E-state index is 0.244. The molecule has 0 saturated heterocycles. The fraction of sp³-hybridized carbons (Fsp3) is 0.167. The van der Waals surface area contributed by atoms with E-state index in [0.29, 0.717) is 5.56 Å². The van der Waals surface area contributed by atoms with Crippen LogP contribution < -0.4 is 0 Å². The molecule has 0 aliphatic carbocycles. The predicted molar refractivity (Wildman–Crippen MR) is 91.9 cm³/mol. The smallest absolute Gasteiger partial charge is 0.175 e. The lowest BCUT2D eigenvalue weighted by Gasteiger charge is -2.09. The van der Waals surface area contributed by atoms with Crippen molar-refractivity contribution >= 4 is 9.84 Å². The minimum Gasteiger partial charge on any atom is -0.267 e. The van der Waals surface area contributed by atoms with E-state index in [1.165, 1.54) is 18.4 Å². The van der Waals surface area contributed by atoms with Crippen molar-refractivity contribution in [2.75, 3.05) is 6.26 Å². The van der Waals surface area contributed by atoms with E-state index in [-0.39, 0.29) is 10.7 Å². The molecule has 24 heavy (non-hydrogen) atoms. The van der Waals surface area contributed by atoms with Gasteiger partial charge in [-0.2, -0.15) is 5.10 Å². The van der Waals surface area contributed by atoms with Crippen molar-refractivity contribution in [3.63, 3.8) is 0 Å². The highest BCUT2D eigenvalue weighted by atomic mass is 32.2. The Morgan fingerprint density at radius 1 is 1.04 bits per heavy atom. The molecule has 0 fully saturated rings. The first-order valence-electron chi connectivity index (χ1n) is 7.37. The number of aromatic nitrogens is 2. The van der Waals surface area contributed by atoms with Crippen molar-refractivity contribution < 1.29 is 12.8 Å². The van der Waals surface area contributed by atoms with E-state index in [0.717, 1.165) is 22.5 Å². The van der Waals surface area contributed by atoms with Gasteiger partial charge in [-0.05, 0) is 36.8 Å². The molecule has 4 nitrogen and oxygen atoms in total. The third kappa shape index (κ3) is 2.97. The zero-order valence-corrected chi connectivity index (χ0v) is 14.4. The monoisotopic (exact) mass is 344 g/mol. The Morgan fingerprint density at radius 2 is 1.71 bits per heavy atom. The normalized spacial score (nSPS) is 11.7. The van der Waals surface area contributed by atoms with Crippen molar-refractivity contribution in [3.8, 4) is 22.4 Å². The lowest BCUT2D eigenvalue weighted by atomic mass is 9.99. The summed E-state index contributed by atoms with van der Waals surface area (Å²) >= 11 is 0. The van der Waals surface area contributed by atoms with Crippen LogP contribution in [0.3, 0.4) is 0 Å². The lowest BCUT2D eigenvalue weighted by Crippen LogP contribution is -1.98. The molecular formula is C18H17FN2O2S. The van der Waals surface area contributed by atoms with Crippen LogP contribution >= 0.6 is 0 Å². The summed E-state index contributed by atoms with van der Waals surface area (Å²) in [5, 5.41) is 4.43. The fourth-order valence-electron chi connectivity index (χ4n) is 2.85. The Hall–Kier alpha value is -2.47. The average Bonchev–Trinajstić information content (AvgIpc) is 2.81. The largest absolute Gasteiger partial charge is 0.267 e. The van der Waals surface area contributed by atoms with Crippen molar-refractivity contribution in [3.05, 3.63) is 60.0 Å². The summed E-state index contributed by atoms with van der Waals surface area (Å²) in [7, 11) is -1.52. The van der Waals surface area contributed by atoms with E-state index in [1.807, 2.05) is 19.1 Å². The van der Waals surface area contributed by atoms with Gasteiger partial charge < -0.3 is 0 Å². The lowest BCUT2D eigenvalue weighted by molar-refractivity contribution is 0.602. The molecule has 124 valence electrons. The van der Waals surface area contributed by atoms with Gasteiger partial charge in [-0.15, -0.1) is 0 Å². The first kappa shape index (κ1) is 16.4. The molecule has 3 rings (SSSR count). The molecule has 0 radical (unpaired) electrons. The molecule has 2 aromatic carbocycles. The molecule has 0 amide bonds. The summed E-state index contributed by atoms with van der Waals surface area (Å²) in [6.45, 7) is 1.85. The second-order valence-electron chi connectivity index (χ2n) is 5.74. The molecule has 0 unspecified atom stereocenters. The Bertz CT molecular complexity index is 1020. The zero-order valence-electron chi connectivity index (χ0n) is 13.6. The van der Waals surface area contributed by atoms with Crippen LogP contribution in [0.5, 0.6) is 0 Å². The Kier molecular flexibility index (Phi) is 4.01. The summed E-state index contributed by atoms with van der Waals surface area (Å²) < 4.78 is 39.0. The maximum atomic E-state index is 13.6. The van der Waals surface area contributed by atoms with Crippen LogP contribution in [-0.2, 0) is 16.9 Å². The first-order valence-corrected chi connectivity index (χ1v) is 9.26. The van der Waals surface area contributed by atoms with Crippen LogP contribution in [0.25, 0.3) is 22.4 Å². The SMILES string of the molecule is Cc1nn(C)c(-c2cccc(F)c2)c1-c1cccc(S(C)(=O)=O)c1. The second kappa shape index (κ2) is 5.87. The summed E-state index contributed by atoms with van der Waals surface area (Å²) in [5.41, 5.74) is 3.73. The van der Waals surface area contributed by atoms with Crippen molar-refractivity contribution in [1.82, 2.24) is 9.78 Å². The second-order valence-corrected chi connectivity index (χ2v) is 7.76. The van der Waals surface area contributed by atoms with E-state index in [4.69, 9.17) is 0 Å². The highest BCUT2D eigenvalue weighted by Gasteiger charge is 2.18. The average molecular weight is 344 g/mol. The first-order chi connectivity index (χ1) is 11.3. The summed E-state index contributed by atoms with van der Waals surface area (Å²) in [6, 6.07) is 13.0. The van der Waals surface area contributed by atoms with Gasteiger partial charge in [0, 0.05) is 24.4 Å². The molecule has 0 atom stereocenters. The minimum atomic E-state index is -3.31. The number of halogens is 1. The highest BCUT2D eigenvalue weighted by Crippen LogP contribution is 2.35. The van der Waals surface area contributed by atoms with Crippen LogP contribution in [0, 0.1) is 12.7 Å². The van der Waals surface area contributed by atoms with E-state index < -0.39 is 9.84 Å². The van der Waals surface area contributed by atoms with Gasteiger partial charge in [0.2, 0.25) is 0 Å². The van der Waals surface area contributed by atoms with E-state index in [2.05, 4.69) is 5.10 Å². The number of benzene rings is 2. The van der Waals surface area contributed by atoms with Crippen LogP contribution in [0.2, 0.25) is 0 Å². The summed E-state index contributed by atoms with van der Waals surface area (Å²) in [4.78, 5) is 0.244. The third-order valence-electron chi connectivity index (χ3n) is 3.87. The van der Waals surface area contributed by atoms with Gasteiger partial charge in [0.25, 0.3) is 0 Å². The summed E-state index contributed by atoms with van der Waals surface area (Å²) in [6.07, 6.45) is 1.18. The van der Waals surface area contributed by atoms with E-state index >= 15 is 0 Å². The van der Waals surface area contributed by atoms with Crippen molar-refractivity contribution in [2.45, 2.75) is 11.8 Å². The van der Waals surface area contributed by atoms with Gasteiger partial charge in [0.1, 0.15) is 5.82 Å². The van der Waals surface area contributed by atoms with Crippen molar-refractivity contribution in [1.29, 1.82) is 0 Å². The molecular weight excluding hydrogens is 327 g/mol. The highest BCUT2D eigenvalue weighted by molar-refractivity contribution is 7.90. The van der Waals surface area contributed by atoms with Gasteiger partial charge in [-0.25, -0.2) is 12.8 Å². The molecule has 1 heterocycles. The van der Waals surface area contributed by atoms with Gasteiger partial charge in [0.05, 0.1) is 16.3 Å². The number of nitrogens with zero attached hydrogens (tertiary/aromatic N) is 2. The number of hydrogen-bond donors (Lipinski definition) is 0. The topological polar surface area (TPSA) is 52.0 Å². The van der Waals surface area contributed by atoms with E-state index in [9.17, 15) is 12.8 Å². The van der Waals surface area contributed by atoms with Crippen molar-refractivity contribution in [2.24, 2.45) is 7.05 Å². The molecule has 6 heteroatoms. The maximum Gasteiger partial charge on any atom is 0.175 e. The standard InChI is InChI=1S/C18H17FN2O2S/c1-12-17(13-6-5-9-16(11-13)24(3,22)23)18(21(2)20-12)14-7-4-8-15(19)10-14/h4-11H,1-3H3. The molecule has 0 aliphatic heterocycles. The number of rotatable bonds is 3. The molecule has 3 aromatic rings. The molecule has 1 aromatic heterocycles. The van der Waals surface area contributed by atoms with Gasteiger partial charge in [-0.3, -0.25) is 4.68 Å². The summed E-state index contributed by atoms with van der Waals surface area (Å²) in [5.74, 6) is -0.331. The van der Waals surface area contributed by atoms with Crippen LogP contribution in [0.15, 0.2) is 53.4 Å². The molecule has 0 N–H and O–H groups in total. The van der Waals surface area contributed by atoms with Gasteiger partial charge in [0.15, 0.2) is 9.84 Å². The predicted octanol–water partition coefficient (Wildman–Crippen LogP) is 3.61. The fourth-order valence-corrected chi connectivity index (χ4v) is 3.52. The zero-order chi connectivity index (χ0) is 17.5. The van der Waals surface area contributed by atoms with Gasteiger partial charge in [-0.1, -0.05) is 24.3 Å².